The average molecular weight is 379 g/mol. The molecule has 0 heterocycles. The lowest BCUT2D eigenvalue weighted by atomic mass is 10.1. The molecule has 0 saturated carbocycles. The number of hydrogen-bond donors (Lipinski definition) is 1. The summed E-state index contributed by atoms with van der Waals surface area (Å²) in [5.74, 6) is -1.77. The number of benzene rings is 1. The second-order valence-corrected chi connectivity index (χ2v) is 6.50. The number of rotatable bonds is 14. The molecule has 1 aromatic rings. The summed E-state index contributed by atoms with van der Waals surface area (Å²) in [6.07, 6.45) is 12.6. The zero-order chi connectivity index (χ0) is 20.2. The summed E-state index contributed by atoms with van der Waals surface area (Å²) in [5.41, 5.74) is 0.729. The number of hydrogen-bond acceptors (Lipinski definition) is 4. The summed E-state index contributed by atoms with van der Waals surface area (Å²) in [6.45, 7) is 2.58. The van der Waals surface area contributed by atoms with E-state index in [2.05, 4.69) is 6.92 Å². The molecule has 1 aromatic carbocycles. The SMILES string of the molecule is CCCCCCCCCCCCOC(=O)CC(=O)O.O=Cc1ccccc1. The van der Waals surface area contributed by atoms with E-state index >= 15 is 0 Å². The van der Waals surface area contributed by atoms with Crippen molar-refractivity contribution in [2.24, 2.45) is 0 Å². The molecule has 1 N–H and O–H groups in total. The molecule has 0 aromatic heterocycles. The highest BCUT2D eigenvalue weighted by atomic mass is 16.5. The lowest BCUT2D eigenvalue weighted by molar-refractivity contribution is -0.151. The summed E-state index contributed by atoms with van der Waals surface area (Å²) in [7, 11) is 0. The fourth-order valence-corrected chi connectivity index (χ4v) is 2.48. The second-order valence-electron chi connectivity index (χ2n) is 6.50. The molecule has 27 heavy (non-hydrogen) atoms. The number of aldehydes is 1. The molecule has 5 heteroatoms. The monoisotopic (exact) mass is 378 g/mol. The fourth-order valence-electron chi connectivity index (χ4n) is 2.48. The summed E-state index contributed by atoms with van der Waals surface area (Å²) >= 11 is 0. The lowest BCUT2D eigenvalue weighted by Crippen LogP contribution is -2.11. The second kappa shape index (κ2) is 18.6. The van der Waals surface area contributed by atoms with Crippen LogP contribution >= 0.6 is 0 Å². The van der Waals surface area contributed by atoms with Crippen LogP contribution in [0.4, 0.5) is 0 Å². The smallest absolute Gasteiger partial charge is 0.317 e. The van der Waals surface area contributed by atoms with Crippen molar-refractivity contribution in [3.8, 4) is 0 Å². The van der Waals surface area contributed by atoms with E-state index in [-0.39, 0.29) is 0 Å². The molecule has 0 radical (unpaired) electrons. The summed E-state index contributed by atoms with van der Waals surface area (Å²) < 4.78 is 4.81. The number of esters is 1. The molecule has 5 nitrogen and oxygen atoms in total. The molecular weight excluding hydrogens is 344 g/mol. The van der Waals surface area contributed by atoms with Gasteiger partial charge in [0.15, 0.2) is 0 Å². The van der Waals surface area contributed by atoms with Crippen LogP contribution in [-0.2, 0) is 14.3 Å². The standard InChI is InChI=1S/C15H28O4.C7H6O/c1-2-3-4-5-6-7-8-9-10-11-12-19-15(18)13-14(16)17;8-6-7-4-2-1-3-5-7/h2-13H2,1H3,(H,16,17);1-6H. The molecule has 1 rings (SSSR count). The van der Waals surface area contributed by atoms with Crippen molar-refractivity contribution in [2.45, 2.75) is 77.6 Å². The number of carboxylic acid groups (broad SMARTS) is 1. The quantitative estimate of drug-likeness (QED) is 0.202. The van der Waals surface area contributed by atoms with Gasteiger partial charge in [-0.1, -0.05) is 95.0 Å². The average Bonchev–Trinajstić information content (AvgIpc) is 2.66. The molecule has 0 fully saturated rings. The van der Waals surface area contributed by atoms with Gasteiger partial charge >= 0.3 is 11.9 Å². The Morgan fingerprint density at radius 3 is 1.85 bits per heavy atom. The van der Waals surface area contributed by atoms with Gasteiger partial charge in [-0.2, -0.15) is 0 Å². The first-order valence-corrected chi connectivity index (χ1v) is 9.97. The van der Waals surface area contributed by atoms with Crippen LogP contribution in [-0.4, -0.2) is 29.9 Å². The van der Waals surface area contributed by atoms with Crippen LogP contribution in [0.5, 0.6) is 0 Å². The molecule has 0 saturated heterocycles. The topological polar surface area (TPSA) is 80.7 Å². The molecule has 0 bridgehead atoms. The maximum absolute atomic E-state index is 10.9. The van der Waals surface area contributed by atoms with Crippen LogP contribution in [0.25, 0.3) is 0 Å². The van der Waals surface area contributed by atoms with Crippen LogP contribution in [0.2, 0.25) is 0 Å². The van der Waals surface area contributed by atoms with Gasteiger partial charge in [0.05, 0.1) is 6.61 Å². The number of carboxylic acids is 1. The number of unbranched alkanes of at least 4 members (excludes halogenated alkanes) is 9. The van der Waals surface area contributed by atoms with E-state index in [1.165, 1.54) is 51.4 Å². The van der Waals surface area contributed by atoms with Gasteiger partial charge in [0, 0.05) is 5.56 Å². The Labute approximate surface area is 163 Å². The Kier molecular flexibility index (Phi) is 17.1. The van der Waals surface area contributed by atoms with Gasteiger partial charge in [0.1, 0.15) is 12.7 Å². The Morgan fingerprint density at radius 1 is 0.889 bits per heavy atom. The van der Waals surface area contributed by atoms with Crippen molar-refractivity contribution in [3.63, 3.8) is 0 Å². The number of ether oxygens (including phenoxy) is 1. The maximum atomic E-state index is 10.9. The van der Waals surface area contributed by atoms with Crippen molar-refractivity contribution in [1.29, 1.82) is 0 Å². The van der Waals surface area contributed by atoms with Gasteiger partial charge in [-0.3, -0.25) is 14.4 Å². The summed E-state index contributed by atoms with van der Waals surface area (Å²) in [6, 6.07) is 9.10. The van der Waals surface area contributed by atoms with Crippen molar-refractivity contribution in [3.05, 3.63) is 35.9 Å². The molecule has 152 valence electrons. The van der Waals surface area contributed by atoms with E-state index in [0.717, 1.165) is 24.7 Å². The van der Waals surface area contributed by atoms with Gasteiger partial charge in [0.2, 0.25) is 0 Å². The van der Waals surface area contributed by atoms with Crippen LogP contribution in [0.15, 0.2) is 30.3 Å². The van der Waals surface area contributed by atoms with Crippen LogP contribution in [0.3, 0.4) is 0 Å². The van der Waals surface area contributed by atoms with Crippen molar-refractivity contribution in [2.75, 3.05) is 6.61 Å². The maximum Gasteiger partial charge on any atom is 0.317 e. The van der Waals surface area contributed by atoms with Gasteiger partial charge in [-0.25, -0.2) is 0 Å². The van der Waals surface area contributed by atoms with E-state index < -0.39 is 18.4 Å². The van der Waals surface area contributed by atoms with E-state index in [0.29, 0.717) is 6.61 Å². The van der Waals surface area contributed by atoms with Gasteiger partial charge in [0.25, 0.3) is 0 Å². The van der Waals surface area contributed by atoms with Gasteiger partial charge in [-0.05, 0) is 6.42 Å². The number of aliphatic carboxylic acids is 1. The normalized spacial score (nSPS) is 9.81. The van der Waals surface area contributed by atoms with E-state index in [4.69, 9.17) is 9.84 Å². The zero-order valence-corrected chi connectivity index (χ0v) is 16.5. The first-order valence-electron chi connectivity index (χ1n) is 9.97. The van der Waals surface area contributed by atoms with Crippen LogP contribution in [0.1, 0.15) is 87.9 Å². The molecule has 0 atom stereocenters. The summed E-state index contributed by atoms with van der Waals surface area (Å²) in [4.78, 5) is 31.1. The van der Waals surface area contributed by atoms with E-state index in [1.54, 1.807) is 12.1 Å². The third-order valence-corrected chi connectivity index (χ3v) is 3.99. The molecular formula is C22H34O5. The zero-order valence-electron chi connectivity index (χ0n) is 16.5. The predicted molar refractivity (Wildman–Crippen MR) is 107 cm³/mol. The Bertz CT molecular complexity index is 499. The highest BCUT2D eigenvalue weighted by molar-refractivity contribution is 5.90. The first kappa shape index (κ1) is 24.8. The molecule has 0 aliphatic rings. The third kappa shape index (κ3) is 18.4. The number of carbonyl (C=O) groups is 3. The molecule has 0 unspecified atom stereocenters. The van der Waals surface area contributed by atoms with Crippen molar-refractivity contribution < 1.29 is 24.2 Å². The number of carbonyl (C=O) groups excluding carboxylic acids is 2. The largest absolute Gasteiger partial charge is 0.481 e. The van der Waals surface area contributed by atoms with Crippen LogP contribution < -0.4 is 0 Å². The minimum atomic E-state index is -1.13. The van der Waals surface area contributed by atoms with Gasteiger partial charge < -0.3 is 9.84 Å². The van der Waals surface area contributed by atoms with Crippen molar-refractivity contribution in [1.82, 2.24) is 0 Å². The Hall–Kier alpha value is -2.17. The third-order valence-electron chi connectivity index (χ3n) is 3.99. The van der Waals surface area contributed by atoms with E-state index in [1.807, 2.05) is 18.2 Å². The lowest BCUT2D eigenvalue weighted by Gasteiger charge is -2.03. The Balaban J connectivity index is 0.000000694. The molecule has 0 amide bonds. The van der Waals surface area contributed by atoms with Crippen molar-refractivity contribution >= 4 is 18.2 Å². The molecule has 0 aliphatic carbocycles. The highest BCUT2D eigenvalue weighted by Gasteiger charge is 2.07. The molecule has 0 aliphatic heterocycles. The minimum Gasteiger partial charge on any atom is -0.481 e. The van der Waals surface area contributed by atoms with Crippen LogP contribution in [0, 0.1) is 0 Å². The molecule has 0 spiro atoms. The minimum absolute atomic E-state index is 0.350. The summed E-state index contributed by atoms with van der Waals surface area (Å²) in [5, 5.41) is 8.36. The van der Waals surface area contributed by atoms with Gasteiger partial charge in [-0.15, -0.1) is 0 Å². The first-order chi connectivity index (χ1) is 13.1. The Morgan fingerprint density at radius 2 is 1.41 bits per heavy atom. The highest BCUT2D eigenvalue weighted by Crippen LogP contribution is 2.10. The predicted octanol–water partition coefficient (Wildman–Crippen LogP) is 5.42. The van der Waals surface area contributed by atoms with E-state index in [9.17, 15) is 14.4 Å². The fraction of sp³-hybridized carbons (Fsp3) is 0.591.